The molecule has 0 radical (unpaired) electrons. The van der Waals surface area contributed by atoms with Crippen LogP contribution in [-0.4, -0.2) is 29.8 Å². The van der Waals surface area contributed by atoms with Crippen LogP contribution >= 0.6 is 0 Å². The summed E-state index contributed by atoms with van der Waals surface area (Å²) in [6.07, 6.45) is 4.39. The molecule has 0 amide bonds. The number of rotatable bonds is 14. The zero-order valence-electron chi connectivity index (χ0n) is 19.7. The molecule has 7 heteroatoms. The molecule has 0 aliphatic rings. The zero-order valence-corrected chi connectivity index (χ0v) is 21.7. The van der Waals surface area contributed by atoms with Gasteiger partial charge in [0.1, 0.15) is 11.5 Å². The van der Waals surface area contributed by atoms with Gasteiger partial charge in [0.25, 0.3) is 0 Å². The average Bonchev–Trinajstić information content (AvgIpc) is 2.69. The molecular formula is C24H40N2O3Si2. The van der Waals surface area contributed by atoms with E-state index in [1.807, 2.05) is 48.5 Å². The summed E-state index contributed by atoms with van der Waals surface area (Å²) in [5.74, 6) is 1.77. The second-order valence-corrected chi connectivity index (χ2v) is 18.2. The van der Waals surface area contributed by atoms with Crippen LogP contribution in [0.2, 0.25) is 38.3 Å². The van der Waals surface area contributed by atoms with E-state index in [4.69, 9.17) is 25.1 Å². The first kappa shape index (κ1) is 25.3. The largest absolute Gasteiger partial charge is 0.494 e. The molecule has 0 heterocycles. The minimum atomic E-state index is -1.66. The number of nitrogen functional groups attached to an aromatic ring is 2. The summed E-state index contributed by atoms with van der Waals surface area (Å²) in [7, 11) is -3.31. The molecule has 31 heavy (non-hydrogen) atoms. The molecule has 172 valence electrons. The van der Waals surface area contributed by atoms with Crippen LogP contribution in [-0.2, 0) is 4.12 Å². The van der Waals surface area contributed by atoms with Crippen molar-refractivity contribution in [2.75, 3.05) is 24.7 Å². The first-order chi connectivity index (χ1) is 14.7. The van der Waals surface area contributed by atoms with Gasteiger partial charge in [0.15, 0.2) is 16.6 Å². The van der Waals surface area contributed by atoms with E-state index in [0.717, 1.165) is 61.8 Å². The molecule has 2 rings (SSSR count). The second-order valence-electron chi connectivity index (χ2n) is 9.37. The van der Waals surface area contributed by atoms with Crippen LogP contribution in [0.25, 0.3) is 0 Å². The van der Waals surface area contributed by atoms with Gasteiger partial charge >= 0.3 is 0 Å². The first-order valence-corrected chi connectivity index (χ1v) is 17.6. The number of anilines is 2. The van der Waals surface area contributed by atoms with Gasteiger partial charge < -0.3 is 25.1 Å². The summed E-state index contributed by atoms with van der Waals surface area (Å²) >= 11 is 0. The lowest BCUT2D eigenvalue weighted by molar-refractivity contribution is 0.308. The minimum Gasteiger partial charge on any atom is -0.494 e. The van der Waals surface area contributed by atoms with Crippen molar-refractivity contribution < 1.29 is 13.6 Å². The predicted molar refractivity (Wildman–Crippen MR) is 137 cm³/mol. The zero-order chi connectivity index (χ0) is 22.7. The SMILES string of the molecule is C[Si](C)(CCCCOc1ccc(N)cc1)O[Si](C)(C)CCCCOc1ccc(N)cc1. The van der Waals surface area contributed by atoms with Gasteiger partial charge in [-0.25, -0.2) is 0 Å². The number of hydrogen-bond acceptors (Lipinski definition) is 5. The molecule has 0 saturated carbocycles. The summed E-state index contributed by atoms with van der Waals surface area (Å²) in [6, 6.07) is 17.5. The normalized spacial score (nSPS) is 12.0. The molecular weight excluding hydrogens is 420 g/mol. The molecule has 0 aromatic heterocycles. The maximum Gasteiger partial charge on any atom is 0.173 e. The highest BCUT2D eigenvalue weighted by Crippen LogP contribution is 2.25. The molecule has 0 unspecified atom stereocenters. The maximum absolute atomic E-state index is 6.75. The Morgan fingerprint density at radius 1 is 0.581 bits per heavy atom. The van der Waals surface area contributed by atoms with Gasteiger partial charge in [-0.3, -0.25) is 0 Å². The quantitative estimate of drug-likeness (QED) is 0.196. The molecule has 0 atom stereocenters. The lowest BCUT2D eigenvalue weighted by atomic mass is 10.3. The van der Waals surface area contributed by atoms with Gasteiger partial charge in [-0.05, 0) is 99.6 Å². The fourth-order valence-electron chi connectivity index (χ4n) is 3.66. The first-order valence-electron chi connectivity index (χ1n) is 11.3. The summed E-state index contributed by atoms with van der Waals surface area (Å²) in [5, 5.41) is 0. The Morgan fingerprint density at radius 3 is 1.29 bits per heavy atom. The monoisotopic (exact) mass is 460 g/mol. The third-order valence-electron chi connectivity index (χ3n) is 5.20. The van der Waals surface area contributed by atoms with Crippen molar-refractivity contribution in [1.29, 1.82) is 0 Å². The summed E-state index contributed by atoms with van der Waals surface area (Å²) in [4.78, 5) is 0. The highest BCUT2D eigenvalue weighted by molar-refractivity contribution is 6.84. The average molecular weight is 461 g/mol. The summed E-state index contributed by atoms with van der Waals surface area (Å²) < 4.78 is 18.4. The predicted octanol–water partition coefficient (Wildman–Crippen LogP) is 6.30. The van der Waals surface area contributed by atoms with Crippen molar-refractivity contribution in [2.24, 2.45) is 0 Å². The van der Waals surface area contributed by atoms with Gasteiger partial charge in [-0.15, -0.1) is 0 Å². The van der Waals surface area contributed by atoms with E-state index >= 15 is 0 Å². The topological polar surface area (TPSA) is 79.7 Å². The Kier molecular flexibility index (Phi) is 9.93. The van der Waals surface area contributed by atoms with Crippen LogP contribution in [0.1, 0.15) is 25.7 Å². The molecule has 4 N–H and O–H groups in total. The molecule has 0 fully saturated rings. The van der Waals surface area contributed by atoms with E-state index in [1.165, 1.54) is 12.1 Å². The third kappa shape index (κ3) is 10.8. The van der Waals surface area contributed by atoms with Crippen LogP contribution in [0.3, 0.4) is 0 Å². The van der Waals surface area contributed by atoms with E-state index in [-0.39, 0.29) is 0 Å². The van der Waals surface area contributed by atoms with Crippen LogP contribution in [0.15, 0.2) is 48.5 Å². The van der Waals surface area contributed by atoms with Crippen molar-refractivity contribution in [2.45, 2.75) is 64.0 Å². The Hall–Kier alpha value is -1.97. The van der Waals surface area contributed by atoms with Gasteiger partial charge in [-0.2, -0.15) is 0 Å². The van der Waals surface area contributed by atoms with Crippen LogP contribution < -0.4 is 20.9 Å². The number of unbranched alkanes of at least 4 members (excludes halogenated alkanes) is 2. The molecule has 0 spiro atoms. The van der Waals surface area contributed by atoms with Gasteiger partial charge in [0.05, 0.1) is 13.2 Å². The Morgan fingerprint density at radius 2 is 0.935 bits per heavy atom. The lowest BCUT2D eigenvalue weighted by Gasteiger charge is -2.34. The van der Waals surface area contributed by atoms with E-state index in [9.17, 15) is 0 Å². The fourth-order valence-corrected chi connectivity index (χ4v) is 12.7. The van der Waals surface area contributed by atoms with Crippen molar-refractivity contribution >= 4 is 28.0 Å². The van der Waals surface area contributed by atoms with Crippen LogP contribution in [0.4, 0.5) is 11.4 Å². The van der Waals surface area contributed by atoms with Gasteiger partial charge in [-0.1, -0.05) is 12.8 Å². The van der Waals surface area contributed by atoms with Crippen LogP contribution in [0, 0.1) is 0 Å². The third-order valence-corrected chi connectivity index (χ3v) is 12.7. The Balaban J connectivity index is 1.58. The molecule has 5 nitrogen and oxygen atoms in total. The molecule has 2 aromatic rings. The number of benzene rings is 2. The van der Waals surface area contributed by atoms with Gasteiger partial charge in [0.2, 0.25) is 0 Å². The molecule has 0 aliphatic carbocycles. The van der Waals surface area contributed by atoms with E-state index < -0.39 is 16.6 Å². The van der Waals surface area contributed by atoms with Crippen molar-refractivity contribution in [1.82, 2.24) is 0 Å². The standard InChI is InChI=1S/C24H40N2O3Si2/c1-30(2,19-7-5-17-27-23-13-9-21(25)10-14-23)29-31(3,4)20-8-6-18-28-24-15-11-22(26)12-16-24/h9-16H,5-8,17-20,25-26H2,1-4H3. The number of hydrogen-bond donors (Lipinski definition) is 2. The highest BCUT2D eigenvalue weighted by atomic mass is 28.4. The smallest absolute Gasteiger partial charge is 0.173 e. The van der Waals surface area contributed by atoms with Gasteiger partial charge in [0, 0.05) is 11.4 Å². The summed E-state index contributed by atoms with van der Waals surface area (Å²) in [6.45, 7) is 10.9. The summed E-state index contributed by atoms with van der Waals surface area (Å²) in [5.41, 5.74) is 12.9. The molecule has 0 bridgehead atoms. The number of ether oxygens (including phenoxy) is 2. The van der Waals surface area contributed by atoms with Crippen LogP contribution in [0.5, 0.6) is 11.5 Å². The molecule has 2 aromatic carbocycles. The van der Waals surface area contributed by atoms with E-state index in [2.05, 4.69) is 26.2 Å². The highest BCUT2D eigenvalue weighted by Gasteiger charge is 2.32. The Labute approximate surface area is 190 Å². The maximum atomic E-state index is 6.75. The fraction of sp³-hybridized carbons (Fsp3) is 0.500. The Bertz CT molecular complexity index is 700. The molecule has 0 aliphatic heterocycles. The lowest BCUT2D eigenvalue weighted by Crippen LogP contribution is -2.44. The minimum absolute atomic E-state index is 0.739. The second kappa shape index (κ2) is 12.2. The van der Waals surface area contributed by atoms with Crippen molar-refractivity contribution in [3.8, 4) is 11.5 Å². The van der Waals surface area contributed by atoms with Crippen molar-refractivity contribution in [3.05, 3.63) is 48.5 Å². The van der Waals surface area contributed by atoms with E-state index in [0.29, 0.717) is 0 Å². The van der Waals surface area contributed by atoms with Crippen molar-refractivity contribution in [3.63, 3.8) is 0 Å². The molecule has 0 saturated heterocycles. The number of nitrogens with two attached hydrogens (primary N) is 2. The van der Waals surface area contributed by atoms with E-state index in [1.54, 1.807) is 0 Å².